The zero-order chi connectivity index (χ0) is 18.8. The van der Waals surface area contributed by atoms with Crippen molar-refractivity contribution >= 4 is 23.2 Å². The highest BCUT2D eigenvalue weighted by Crippen LogP contribution is 2.35. The highest BCUT2D eigenvalue weighted by atomic mass is 32.1. The van der Waals surface area contributed by atoms with Gasteiger partial charge in [-0.25, -0.2) is 4.79 Å². The molecule has 2 aliphatic heterocycles. The monoisotopic (exact) mass is 383 g/mol. The first-order valence-electron chi connectivity index (χ1n) is 8.94. The Morgan fingerprint density at radius 2 is 1.67 bits per heavy atom. The first-order chi connectivity index (χ1) is 13.2. The SMILES string of the molecule is COC(=O)[C@H]1O[C@H]2O[C@@H]1C(=S)N(Cc1ccccc1)[C@@H]2Cc1ccccc1. The van der Waals surface area contributed by atoms with Gasteiger partial charge in [-0.3, -0.25) is 0 Å². The number of morpholine rings is 1. The molecule has 6 heteroatoms. The topological polar surface area (TPSA) is 48.0 Å². The van der Waals surface area contributed by atoms with Crippen LogP contribution in [0.2, 0.25) is 0 Å². The summed E-state index contributed by atoms with van der Waals surface area (Å²) in [5.74, 6) is -0.454. The number of esters is 1. The molecule has 2 fully saturated rings. The summed E-state index contributed by atoms with van der Waals surface area (Å²) in [7, 11) is 1.35. The van der Waals surface area contributed by atoms with E-state index in [1.807, 2.05) is 36.4 Å². The van der Waals surface area contributed by atoms with Gasteiger partial charge in [0.2, 0.25) is 0 Å². The third-order valence-corrected chi connectivity index (χ3v) is 5.46. The van der Waals surface area contributed by atoms with E-state index in [0.29, 0.717) is 18.0 Å². The summed E-state index contributed by atoms with van der Waals surface area (Å²) in [4.78, 5) is 14.9. The Kier molecular flexibility index (Phi) is 5.20. The van der Waals surface area contributed by atoms with Gasteiger partial charge in [-0.05, 0) is 17.5 Å². The first-order valence-corrected chi connectivity index (χ1v) is 9.35. The number of thiocarbonyl (C=S) groups is 1. The minimum atomic E-state index is -0.813. The van der Waals surface area contributed by atoms with E-state index in [1.54, 1.807) is 0 Å². The molecule has 2 aliphatic rings. The number of rotatable bonds is 5. The number of benzene rings is 2. The molecule has 4 rings (SSSR count). The van der Waals surface area contributed by atoms with E-state index >= 15 is 0 Å². The lowest BCUT2D eigenvalue weighted by atomic mass is 10.0. The van der Waals surface area contributed by atoms with Gasteiger partial charge in [-0.1, -0.05) is 72.9 Å². The van der Waals surface area contributed by atoms with E-state index < -0.39 is 24.5 Å². The van der Waals surface area contributed by atoms with Gasteiger partial charge in [0.1, 0.15) is 11.1 Å². The molecule has 2 saturated heterocycles. The first kappa shape index (κ1) is 18.1. The van der Waals surface area contributed by atoms with Crippen LogP contribution in [0.4, 0.5) is 0 Å². The zero-order valence-corrected chi connectivity index (χ0v) is 15.8. The molecule has 2 aromatic carbocycles. The second-order valence-electron chi connectivity index (χ2n) is 6.71. The zero-order valence-electron chi connectivity index (χ0n) is 15.0. The van der Waals surface area contributed by atoms with Gasteiger partial charge in [0.05, 0.1) is 13.2 Å². The quantitative estimate of drug-likeness (QED) is 0.585. The Labute approximate surface area is 163 Å². The molecule has 140 valence electrons. The minimum Gasteiger partial charge on any atom is -0.467 e. The molecule has 0 aromatic heterocycles. The molecule has 2 bridgehead atoms. The fourth-order valence-electron chi connectivity index (χ4n) is 3.64. The van der Waals surface area contributed by atoms with Crippen molar-refractivity contribution in [2.45, 2.75) is 37.5 Å². The molecule has 5 nitrogen and oxygen atoms in total. The van der Waals surface area contributed by atoms with Crippen LogP contribution in [0, 0.1) is 0 Å². The van der Waals surface area contributed by atoms with Crippen LogP contribution >= 0.6 is 12.2 Å². The van der Waals surface area contributed by atoms with Crippen molar-refractivity contribution in [3.8, 4) is 0 Å². The van der Waals surface area contributed by atoms with Crippen LogP contribution in [-0.2, 0) is 32.0 Å². The third-order valence-electron chi connectivity index (χ3n) is 4.99. The number of carbonyl (C=O) groups excluding carboxylic acids is 1. The molecule has 0 spiro atoms. The van der Waals surface area contributed by atoms with Gasteiger partial charge in [-0.2, -0.15) is 0 Å². The third kappa shape index (κ3) is 3.60. The lowest BCUT2D eigenvalue weighted by Gasteiger charge is -2.40. The molecule has 4 atom stereocenters. The molecule has 0 amide bonds. The Morgan fingerprint density at radius 1 is 1.04 bits per heavy atom. The largest absolute Gasteiger partial charge is 0.467 e. The Balaban J connectivity index is 1.64. The van der Waals surface area contributed by atoms with E-state index in [9.17, 15) is 4.79 Å². The van der Waals surface area contributed by atoms with Crippen molar-refractivity contribution < 1.29 is 19.0 Å². The standard InChI is InChI=1S/C21H21NO4S/c1-24-20(23)18-17-19(27)22(13-15-10-6-3-7-11-15)16(21(25-17)26-18)12-14-8-4-2-5-9-14/h2-11,16-18,21H,12-13H2,1H3/t16-,17+,18+,21-/m1/s1. The maximum Gasteiger partial charge on any atom is 0.338 e. The predicted octanol–water partition coefficient (Wildman–Crippen LogP) is 2.72. The summed E-state index contributed by atoms with van der Waals surface area (Å²) in [5, 5.41) is 0. The summed E-state index contributed by atoms with van der Waals surface area (Å²) in [6.45, 7) is 0.644. The molecule has 2 heterocycles. The Bertz CT molecular complexity index is 813. The average Bonchev–Trinajstić information content (AvgIpc) is 3.12. The van der Waals surface area contributed by atoms with Crippen LogP contribution in [0.1, 0.15) is 11.1 Å². The summed E-state index contributed by atoms with van der Waals surface area (Å²) in [6.07, 6.45) is -1.23. The van der Waals surface area contributed by atoms with Crippen molar-refractivity contribution in [2.24, 2.45) is 0 Å². The van der Waals surface area contributed by atoms with E-state index in [4.69, 9.17) is 26.4 Å². The summed E-state index contributed by atoms with van der Waals surface area (Å²) >= 11 is 5.72. The number of hydrogen-bond donors (Lipinski definition) is 0. The lowest BCUT2D eigenvalue weighted by molar-refractivity contribution is -0.157. The van der Waals surface area contributed by atoms with Crippen LogP contribution < -0.4 is 0 Å². The normalized spacial score (nSPS) is 26.9. The lowest BCUT2D eigenvalue weighted by Crippen LogP contribution is -2.55. The van der Waals surface area contributed by atoms with Gasteiger partial charge < -0.3 is 19.1 Å². The van der Waals surface area contributed by atoms with Gasteiger partial charge in [-0.15, -0.1) is 0 Å². The number of carbonyl (C=O) groups is 1. The molecular weight excluding hydrogens is 362 g/mol. The van der Waals surface area contributed by atoms with Crippen LogP contribution in [-0.4, -0.2) is 47.5 Å². The number of ether oxygens (including phenoxy) is 3. The molecule has 0 unspecified atom stereocenters. The van der Waals surface area contributed by atoms with Crippen LogP contribution in [0.3, 0.4) is 0 Å². The van der Waals surface area contributed by atoms with Crippen LogP contribution in [0.25, 0.3) is 0 Å². The molecule has 0 radical (unpaired) electrons. The van der Waals surface area contributed by atoms with E-state index in [1.165, 1.54) is 7.11 Å². The fraction of sp³-hybridized carbons (Fsp3) is 0.333. The maximum absolute atomic E-state index is 12.1. The number of methoxy groups -OCH3 is 1. The Morgan fingerprint density at radius 3 is 2.30 bits per heavy atom. The van der Waals surface area contributed by atoms with Gasteiger partial charge in [0.25, 0.3) is 0 Å². The molecule has 0 N–H and O–H groups in total. The fourth-order valence-corrected chi connectivity index (χ4v) is 4.02. The van der Waals surface area contributed by atoms with Crippen LogP contribution in [0.5, 0.6) is 0 Å². The van der Waals surface area contributed by atoms with Crippen molar-refractivity contribution in [3.63, 3.8) is 0 Å². The summed E-state index contributed by atoms with van der Waals surface area (Å²) in [6, 6.07) is 20.2. The average molecular weight is 383 g/mol. The molecular formula is C21H21NO4S. The smallest absolute Gasteiger partial charge is 0.338 e. The minimum absolute atomic E-state index is 0.119. The number of nitrogens with zero attached hydrogens (tertiary/aromatic N) is 1. The van der Waals surface area contributed by atoms with Crippen molar-refractivity contribution in [1.82, 2.24) is 4.90 Å². The Hall–Kier alpha value is -2.28. The molecule has 0 saturated carbocycles. The van der Waals surface area contributed by atoms with E-state index in [-0.39, 0.29) is 6.04 Å². The van der Waals surface area contributed by atoms with Gasteiger partial charge >= 0.3 is 5.97 Å². The highest BCUT2D eigenvalue weighted by Gasteiger charge is 2.53. The van der Waals surface area contributed by atoms with Crippen molar-refractivity contribution in [3.05, 3.63) is 71.8 Å². The van der Waals surface area contributed by atoms with Crippen molar-refractivity contribution in [2.75, 3.05) is 7.11 Å². The van der Waals surface area contributed by atoms with Gasteiger partial charge in [0.15, 0.2) is 12.4 Å². The number of fused-ring (bicyclic) bond motifs is 2. The van der Waals surface area contributed by atoms with Crippen molar-refractivity contribution in [1.29, 1.82) is 0 Å². The second kappa shape index (κ2) is 7.76. The van der Waals surface area contributed by atoms with Crippen LogP contribution in [0.15, 0.2) is 60.7 Å². The predicted molar refractivity (Wildman–Crippen MR) is 104 cm³/mol. The summed E-state index contributed by atoms with van der Waals surface area (Å²) < 4.78 is 16.8. The molecule has 2 aromatic rings. The van der Waals surface area contributed by atoms with E-state index in [2.05, 4.69) is 29.2 Å². The summed E-state index contributed by atoms with van der Waals surface area (Å²) in [5.41, 5.74) is 2.31. The van der Waals surface area contributed by atoms with Gasteiger partial charge in [0, 0.05) is 6.54 Å². The second-order valence-corrected chi connectivity index (χ2v) is 7.13. The maximum atomic E-state index is 12.1. The van der Waals surface area contributed by atoms with E-state index in [0.717, 1.165) is 11.1 Å². The molecule has 27 heavy (non-hydrogen) atoms. The highest BCUT2D eigenvalue weighted by molar-refractivity contribution is 7.80. The number of hydrogen-bond acceptors (Lipinski definition) is 5. The molecule has 0 aliphatic carbocycles.